The van der Waals surface area contributed by atoms with Crippen LogP contribution in [0.3, 0.4) is 0 Å². The van der Waals surface area contributed by atoms with Crippen LogP contribution in [0.1, 0.15) is 124 Å². The summed E-state index contributed by atoms with van der Waals surface area (Å²) in [6.07, 6.45) is 3.56. The highest BCUT2D eigenvalue weighted by Crippen LogP contribution is 2.20. The lowest BCUT2D eigenvalue weighted by molar-refractivity contribution is -0.116. The van der Waals surface area contributed by atoms with Gasteiger partial charge >= 0.3 is 0 Å². The van der Waals surface area contributed by atoms with Gasteiger partial charge in [0.05, 0.1) is 0 Å². The third-order valence-corrected chi connectivity index (χ3v) is 13.9. The van der Waals surface area contributed by atoms with Gasteiger partial charge < -0.3 is 5.73 Å². The number of carbonyl (C=O) groups excluding carboxylic acids is 16. The van der Waals surface area contributed by atoms with Gasteiger partial charge in [-0.25, -0.2) is 0 Å². The number of benzene rings is 6. The first-order chi connectivity index (χ1) is 51.2. The molecule has 532 valence electrons. The average molecular weight is 1440 g/mol. The number of nitrogens with two attached hydrogens (primary N) is 1. The highest BCUT2D eigenvalue weighted by Gasteiger charge is 2.23. The standard InChI is InChI=1S/C69H50N22O16/c1-5-45(92)71-49(96)33-9-17-39(18-10-33)55(102)77-64-86-65(78-56(103)40-19-11-34(12-20-40)50(97)72-46(93)6-2)89-68(88-64)81-59(106)43-29-25-37(26-30-43)53(100)75-62-83-61(70)84-63(85-62)76-54(101)38-27-31-44(32-28-38)60(107)82-69-90-66(79-57(104)41-21-13-35(14-22-41)51(98)73-47(94)7-3)87-67(91-69)80-58(105)42-23-15-36(16-24-42)52(99)74-48(95)8-4/h5-32H,1-4H2,(H,71,92,96)(H,72,93,97)(H,73,94,98)(H,74,95,99)(H4,70,75,76,83,84,85,100,101)(H3,77,78,81,86,88,89,102,103,106)(H3,79,80,82,87,90,91,104,105,107). The molecule has 0 saturated heterocycles. The van der Waals surface area contributed by atoms with E-state index in [1.807, 2.05) is 0 Å². The zero-order chi connectivity index (χ0) is 77.0. The lowest BCUT2D eigenvalue weighted by Gasteiger charge is -2.11. The molecule has 0 bridgehead atoms. The maximum atomic E-state index is 13.7. The van der Waals surface area contributed by atoms with Crippen molar-refractivity contribution in [1.29, 1.82) is 0 Å². The summed E-state index contributed by atoms with van der Waals surface area (Å²) in [5.41, 5.74) is 5.49. The first-order valence-corrected chi connectivity index (χ1v) is 30.3. The molecule has 3 aromatic heterocycles. The molecule has 38 nitrogen and oxygen atoms in total. The molecule has 0 aliphatic heterocycles. The number of hydrogen-bond donors (Lipinski definition) is 13. The quantitative estimate of drug-likeness (QED) is 0.0384. The molecule has 9 rings (SSSR count). The maximum Gasteiger partial charge on any atom is 0.258 e. The molecule has 3 heterocycles. The Kier molecular flexibility index (Phi) is 23.7. The molecule has 0 aliphatic carbocycles. The molecule has 0 fully saturated rings. The van der Waals surface area contributed by atoms with E-state index in [1.54, 1.807) is 0 Å². The Morgan fingerprint density at radius 1 is 0.206 bits per heavy atom. The highest BCUT2D eigenvalue weighted by atomic mass is 16.2. The molecule has 0 saturated carbocycles. The van der Waals surface area contributed by atoms with Crippen molar-refractivity contribution in [2.45, 2.75) is 0 Å². The molecule has 0 radical (unpaired) electrons. The van der Waals surface area contributed by atoms with Gasteiger partial charge in [-0.3, -0.25) is 141 Å². The molecular formula is C69H50N22O16. The monoisotopic (exact) mass is 1440 g/mol. The van der Waals surface area contributed by atoms with E-state index in [4.69, 9.17) is 5.73 Å². The zero-order valence-electron chi connectivity index (χ0n) is 54.6. The van der Waals surface area contributed by atoms with Crippen molar-refractivity contribution in [3.05, 3.63) is 263 Å². The molecule has 0 spiro atoms. The Morgan fingerprint density at radius 2 is 0.318 bits per heavy atom. The van der Waals surface area contributed by atoms with Gasteiger partial charge in [-0.05, 0) is 170 Å². The topological polar surface area (TPSA) is 560 Å². The first-order valence-electron chi connectivity index (χ1n) is 30.3. The first kappa shape index (κ1) is 74.6. The Morgan fingerprint density at radius 3 is 0.439 bits per heavy atom. The van der Waals surface area contributed by atoms with E-state index in [0.717, 1.165) is 24.3 Å². The SMILES string of the molecule is C=CC(=O)NC(=O)c1ccc(C(=O)Nc2nc(NC(=O)c3ccc(C(=O)NC(=O)C=C)cc3)nc(NC(=O)c3ccc(C(=O)Nc4nc(N)nc(NC(=O)c5ccc(C(=O)Nc6nc(NC(=O)c7ccc(C(=O)NC(=O)C=C)cc7)nc(NC(=O)c7ccc(C(=O)NC(=O)C=C)cc7)n6)cc5)n4)cc3)n2)cc1. The van der Waals surface area contributed by atoms with Gasteiger partial charge in [0.25, 0.3) is 70.9 Å². The molecule has 0 unspecified atom stereocenters. The second-order valence-corrected chi connectivity index (χ2v) is 21.1. The zero-order valence-corrected chi connectivity index (χ0v) is 54.6. The van der Waals surface area contributed by atoms with Crippen molar-refractivity contribution in [3.8, 4) is 0 Å². The van der Waals surface area contributed by atoms with E-state index in [2.05, 4.69) is 135 Å². The number of nitrogen functional groups attached to an aromatic ring is 1. The van der Waals surface area contributed by atoms with E-state index in [1.165, 1.54) is 146 Å². The van der Waals surface area contributed by atoms with Crippen molar-refractivity contribution < 1.29 is 76.7 Å². The third kappa shape index (κ3) is 20.3. The summed E-state index contributed by atoms with van der Waals surface area (Å²) in [4.78, 5) is 241. The number of imide groups is 4. The predicted molar refractivity (Wildman–Crippen MR) is 377 cm³/mol. The second kappa shape index (κ2) is 34.0. The molecule has 9 aromatic rings. The number of carbonyl (C=O) groups is 16. The van der Waals surface area contributed by atoms with Gasteiger partial charge in [0.1, 0.15) is 0 Å². The molecule has 14 N–H and O–H groups in total. The fourth-order valence-corrected chi connectivity index (χ4v) is 8.56. The summed E-state index contributed by atoms with van der Waals surface area (Å²) in [5, 5.41) is 27.5. The van der Waals surface area contributed by atoms with Gasteiger partial charge in [0.2, 0.25) is 77.2 Å². The van der Waals surface area contributed by atoms with Gasteiger partial charge in [0.15, 0.2) is 0 Å². The summed E-state index contributed by atoms with van der Waals surface area (Å²) in [5.74, 6) is -17.5. The minimum atomic E-state index is -0.888. The van der Waals surface area contributed by atoms with Crippen molar-refractivity contribution in [3.63, 3.8) is 0 Å². The molecule has 0 atom stereocenters. The number of nitrogens with zero attached hydrogens (tertiary/aromatic N) is 9. The van der Waals surface area contributed by atoms with Crippen LogP contribution in [0.2, 0.25) is 0 Å². The van der Waals surface area contributed by atoms with Crippen LogP contribution in [0.5, 0.6) is 0 Å². The van der Waals surface area contributed by atoms with E-state index in [0.29, 0.717) is 0 Å². The fraction of sp³-hybridized carbons (Fsp3) is 0. The summed E-state index contributed by atoms with van der Waals surface area (Å²) in [7, 11) is 0. The fourth-order valence-electron chi connectivity index (χ4n) is 8.56. The number of anilines is 9. The summed E-state index contributed by atoms with van der Waals surface area (Å²) in [6, 6.07) is 29.7. The maximum absolute atomic E-state index is 13.7. The van der Waals surface area contributed by atoms with Crippen LogP contribution in [0.25, 0.3) is 0 Å². The Balaban J connectivity index is 0.845. The van der Waals surface area contributed by atoms with E-state index in [-0.39, 0.29) is 66.8 Å². The van der Waals surface area contributed by atoms with Crippen molar-refractivity contribution in [2.75, 3.05) is 48.3 Å². The molecular weight excluding hydrogens is 1390 g/mol. The third-order valence-electron chi connectivity index (χ3n) is 13.9. The Labute approximate surface area is 599 Å². The normalized spacial score (nSPS) is 10.3. The second-order valence-electron chi connectivity index (χ2n) is 21.1. The Bertz CT molecular complexity index is 4690. The number of hydrogen-bond acceptors (Lipinski definition) is 26. The summed E-state index contributed by atoms with van der Waals surface area (Å²) in [6.45, 7) is 13.1. The van der Waals surface area contributed by atoms with Crippen LogP contribution in [-0.2, 0) is 19.2 Å². The minimum absolute atomic E-state index is 0.0122. The average Bonchev–Trinajstić information content (AvgIpc) is 0.835. The lowest BCUT2D eigenvalue weighted by Crippen LogP contribution is -2.28. The largest absolute Gasteiger partial charge is 0.368 e. The molecule has 0 aliphatic rings. The van der Waals surface area contributed by atoms with Gasteiger partial charge in [-0.15, -0.1) is 0 Å². The van der Waals surface area contributed by atoms with E-state index < -0.39 is 148 Å². The lowest BCUT2D eigenvalue weighted by atomic mass is 10.1. The predicted octanol–water partition coefficient (Wildman–Crippen LogP) is 3.61. The number of nitrogens with one attached hydrogen (secondary N) is 12. The summed E-state index contributed by atoms with van der Waals surface area (Å²) < 4.78 is 0. The highest BCUT2D eigenvalue weighted by molar-refractivity contribution is 6.14. The number of aromatic nitrogens is 9. The van der Waals surface area contributed by atoms with E-state index in [9.17, 15) is 76.7 Å². The molecule has 38 heteroatoms. The van der Waals surface area contributed by atoms with Crippen LogP contribution in [0.15, 0.2) is 196 Å². The van der Waals surface area contributed by atoms with Gasteiger partial charge in [-0.2, -0.15) is 44.9 Å². The van der Waals surface area contributed by atoms with Crippen LogP contribution < -0.4 is 69.5 Å². The Hall–Kier alpha value is -16.6. The summed E-state index contributed by atoms with van der Waals surface area (Å²) >= 11 is 0. The molecule has 6 aromatic carbocycles. The molecule has 107 heavy (non-hydrogen) atoms. The molecule has 16 amide bonds. The van der Waals surface area contributed by atoms with Crippen molar-refractivity contribution in [1.82, 2.24) is 66.1 Å². The number of rotatable bonds is 24. The van der Waals surface area contributed by atoms with Crippen molar-refractivity contribution >= 4 is 148 Å². The smallest absolute Gasteiger partial charge is 0.258 e. The van der Waals surface area contributed by atoms with Crippen LogP contribution in [-0.4, -0.2) is 139 Å². The van der Waals surface area contributed by atoms with Crippen LogP contribution in [0.4, 0.5) is 53.5 Å². The minimum Gasteiger partial charge on any atom is -0.368 e. The van der Waals surface area contributed by atoms with Crippen LogP contribution >= 0.6 is 0 Å². The van der Waals surface area contributed by atoms with Crippen molar-refractivity contribution in [2.24, 2.45) is 0 Å². The van der Waals surface area contributed by atoms with Crippen LogP contribution in [0, 0.1) is 0 Å². The number of amides is 16. The van der Waals surface area contributed by atoms with E-state index >= 15 is 0 Å². The van der Waals surface area contributed by atoms with Gasteiger partial charge in [-0.1, -0.05) is 26.3 Å². The van der Waals surface area contributed by atoms with Gasteiger partial charge in [0, 0.05) is 66.8 Å².